The molecule has 4 heterocycles. The number of pyridine rings is 2. The van der Waals surface area contributed by atoms with Gasteiger partial charge in [-0.25, -0.2) is 4.68 Å². The van der Waals surface area contributed by atoms with Gasteiger partial charge in [-0.2, -0.15) is 4.37 Å². The van der Waals surface area contributed by atoms with Crippen LogP contribution in [0.15, 0.2) is 59.7 Å². The molecule has 0 bridgehead atoms. The largest absolute Gasteiger partial charge is 0.283 e. The third-order valence-electron chi connectivity index (χ3n) is 4.42. The Morgan fingerprint density at radius 1 is 1.11 bits per heavy atom. The van der Waals surface area contributed by atoms with E-state index < -0.39 is 0 Å². The molecular weight excluding hydrogens is 360 g/mol. The average molecular weight is 374 g/mol. The highest BCUT2D eigenvalue weighted by Gasteiger charge is 2.14. The zero-order valence-electron chi connectivity index (χ0n) is 14.4. The molecule has 0 N–H and O–H groups in total. The van der Waals surface area contributed by atoms with Gasteiger partial charge in [-0.05, 0) is 54.4 Å². The topological polar surface area (TPSA) is 78.5 Å². The van der Waals surface area contributed by atoms with Gasteiger partial charge in [0, 0.05) is 17.8 Å². The molecule has 0 fully saturated rings. The lowest BCUT2D eigenvalue weighted by atomic mass is 10.1. The van der Waals surface area contributed by atoms with Crippen molar-refractivity contribution in [2.45, 2.75) is 13.5 Å². The van der Waals surface area contributed by atoms with Gasteiger partial charge >= 0.3 is 0 Å². The number of rotatable bonds is 3. The minimum Gasteiger partial charge on any atom is -0.272 e. The summed E-state index contributed by atoms with van der Waals surface area (Å²) in [5, 5.41) is 10.2. The molecule has 0 unspecified atom stereocenters. The van der Waals surface area contributed by atoms with Crippen LogP contribution in [0.5, 0.6) is 0 Å². The lowest BCUT2D eigenvalue weighted by Gasteiger charge is -2.06. The van der Waals surface area contributed by atoms with E-state index in [0.29, 0.717) is 17.6 Å². The molecule has 0 radical (unpaired) electrons. The Morgan fingerprint density at radius 2 is 2.04 bits per heavy atom. The van der Waals surface area contributed by atoms with E-state index >= 15 is 0 Å². The molecule has 0 aliphatic carbocycles. The van der Waals surface area contributed by atoms with Gasteiger partial charge < -0.3 is 0 Å². The van der Waals surface area contributed by atoms with Crippen LogP contribution in [0, 0.1) is 6.92 Å². The van der Waals surface area contributed by atoms with Crippen LogP contribution in [0.2, 0.25) is 0 Å². The monoisotopic (exact) mass is 374 g/mol. The van der Waals surface area contributed by atoms with Gasteiger partial charge in [-0.15, -0.1) is 5.10 Å². The normalized spacial score (nSPS) is 11.4. The molecule has 0 aliphatic rings. The molecule has 27 heavy (non-hydrogen) atoms. The summed E-state index contributed by atoms with van der Waals surface area (Å²) in [6, 6.07) is 13.7. The predicted octanol–water partition coefficient (Wildman–Crippen LogP) is 2.94. The summed E-state index contributed by atoms with van der Waals surface area (Å²) in [4.78, 5) is 17.4. The van der Waals surface area contributed by atoms with Crippen molar-refractivity contribution in [3.8, 4) is 5.00 Å². The lowest BCUT2D eigenvalue weighted by molar-refractivity contribution is 0.667. The molecular formula is C19H14N6OS. The Bertz CT molecular complexity index is 1350. The van der Waals surface area contributed by atoms with E-state index in [-0.39, 0.29) is 5.56 Å². The molecule has 0 amide bonds. The van der Waals surface area contributed by atoms with Gasteiger partial charge in [0.05, 0.1) is 17.8 Å². The molecule has 0 saturated carbocycles. The summed E-state index contributed by atoms with van der Waals surface area (Å²) in [5.74, 6) is 0. The van der Waals surface area contributed by atoms with Crippen molar-refractivity contribution < 1.29 is 0 Å². The summed E-state index contributed by atoms with van der Waals surface area (Å²) in [5.41, 5.74) is 3.77. The van der Waals surface area contributed by atoms with Crippen LogP contribution >= 0.6 is 11.5 Å². The summed E-state index contributed by atoms with van der Waals surface area (Å²) < 4.78 is 7.51. The molecule has 0 spiro atoms. The maximum absolute atomic E-state index is 13.1. The zero-order valence-corrected chi connectivity index (χ0v) is 15.2. The van der Waals surface area contributed by atoms with E-state index in [1.807, 2.05) is 37.3 Å². The summed E-state index contributed by atoms with van der Waals surface area (Å²) in [6.45, 7) is 2.37. The van der Waals surface area contributed by atoms with Crippen LogP contribution in [0.1, 0.15) is 11.3 Å². The standard InChI is InChI=1S/C19H14N6OS/c1-12-9-17(27-22-12)24-8-6-16-18(19(24)26)25(23-21-16)11-13-4-5-15-14(10-13)3-2-7-20-15/h2-10H,11H2,1H3. The second-order valence-corrected chi connectivity index (χ2v) is 7.09. The maximum atomic E-state index is 13.1. The maximum Gasteiger partial charge on any atom is 0.283 e. The lowest BCUT2D eigenvalue weighted by Crippen LogP contribution is -2.20. The quantitative estimate of drug-likeness (QED) is 0.485. The number of hydrogen-bond acceptors (Lipinski definition) is 6. The number of fused-ring (bicyclic) bond motifs is 2. The van der Waals surface area contributed by atoms with Crippen molar-refractivity contribution >= 4 is 33.5 Å². The fourth-order valence-corrected chi connectivity index (χ4v) is 3.88. The highest BCUT2D eigenvalue weighted by atomic mass is 32.1. The first-order valence-corrected chi connectivity index (χ1v) is 9.18. The molecule has 5 aromatic rings. The van der Waals surface area contributed by atoms with Crippen LogP contribution in [0.25, 0.3) is 26.9 Å². The van der Waals surface area contributed by atoms with Crippen molar-refractivity contribution in [2.75, 3.05) is 0 Å². The Hall–Kier alpha value is -3.39. The molecule has 7 nitrogen and oxygen atoms in total. The average Bonchev–Trinajstić information content (AvgIpc) is 3.29. The first-order chi connectivity index (χ1) is 13.2. The number of hydrogen-bond donors (Lipinski definition) is 0. The second kappa shape index (κ2) is 6.10. The number of aryl methyl sites for hydroxylation is 1. The first kappa shape index (κ1) is 15.8. The first-order valence-electron chi connectivity index (χ1n) is 8.41. The second-order valence-electron chi connectivity index (χ2n) is 6.31. The molecule has 4 aromatic heterocycles. The van der Waals surface area contributed by atoms with Gasteiger partial charge in [0.25, 0.3) is 5.56 Å². The third-order valence-corrected chi connectivity index (χ3v) is 5.30. The molecule has 132 valence electrons. The fourth-order valence-electron chi connectivity index (χ4n) is 3.13. The molecule has 8 heteroatoms. The molecule has 5 rings (SSSR count). The third kappa shape index (κ3) is 2.70. The Morgan fingerprint density at radius 3 is 2.89 bits per heavy atom. The summed E-state index contributed by atoms with van der Waals surface area (Å²) in [7, 11) is 0. The van der Waals surface area contributed by atoms with Crippen molar-refractivity contribution in [1.29, 1.82) is 0 Å². The van der Waals surface area contributed by atoms with Gasteiger partial charge in [0.15, 0.2) is 5.52 Å². The summed E-state index contributed by atoms with van der Waals surface area (Å²) in [6.07, 6.45) is 3.49. The smallest absolute Gasteiger partial charge is 0.272 e. The molecule has 1 aromatic carbocycles. The van der Waals surface area contributed by atoms with Gasteiger partial charge in [0.1, 0.15) is 10.5 Å². The highest BCUT2D eigenvalue weighted by molar-refractivity contribution is 7.08. The van der Waals surface area contributed by atoms with E-state index in [4.69, 9.17) is 0 Å². The minimum atomic E-state index is -0.149. The van der Waals surface area contributed by atoms with Gasteiger partial charge in [-0.3, -0.25) is 14.3 Å². The number of benzene rings is 1. The molecule has 0 saturated heterocycles. The van der Waals surface area contributed by atoms with E-state index in [1.54, 1.807) is 27.7 Å². The predicted molar refractivity (Wildman–Crippen MR) is 104 cm³/mol. The summed E-state index contributed by atoms with van der Waals surface area (Å²) >= 11 is 1.30. The van der Waals surface area contributed by atoms with Gasteiger partial charge in [0.2, 0.25) is 0 Å². The van der Waals surface area contributed by atoms with E-state index in [2.05, 4.69) is 25.7 Å². The zero-order chi connectivity index (χ0) is 18.4. The van der Waals surface area contributed by atoms with Crippen LogP contribution in [0.4, 0.5) is 0 Å². The Labute approximate surface area is 157 Å². The van der Waals surface area contributed by atoms with Crippen LogP contribution in [-0.2, 0) is 6.54 Å². The Balaban J connectivity index is 1.61. The van der Waals surface area contributed by atoms with Crippen molar-refractivity contribution in [2.24, 2.45) is 0 Å². The van der Waals surface area contributed by atoms with E-state index in [9.17, 15) is 4.79 Å². The number of aromatic nitrogens is 6. The van der Waals surface area contributed by atoms with E-state index in [0.717, 1.165) is 27.2 Å². The van der Waals surface area contributed by atoms with Crippen molar-refractivity contribution in [3.05, 3.63) is 76.5 Å². The van der Waals surface area contributed by atoms with Gasteiger partial charge in [-0.1, -0.05) is 17.3 Å². The van der Waals surface area contributed by atoms with E-state index in [1.165, 1.54) is 11.5 Å². The molecule has 0 aliphatic heterocycles. The SMILES string of the molecule is Cc1cc(-n2ccc3nnn(Cc4ccc5ncccc5c4)c3c2=O)sn1. The van der Waals surface area contributed by atoms with Crippen molar-refractivity contribution in [3.63, 3.8) is 0 Å². The Kier molecular flexibility index (Phi) is 3.58. The number of nitrogens with zero attached hydrogens (tertiary/aromatic N) is 6. The molecule has 0 atom stereocenters. The van der Waals surface area contributed by atoms with Crippen LogP contribution in [-0.4, -0.2) is 28.9 Å². The van der Waals surface area contributed by atoms with Crippen molar-refractivity contribution in [1.82, 2.24) is 28.9 Å². The van der Waals surface area contributed by atoms with Crippen LogP contribution in [0.3, 0.4) is 0 Å². The highest BCUT2D eigenvalue weighted by Crippen LogP contribution is 2.17. The fraction of sp³-hybridized carbons (Fsp3) is 0.105. The minimum absolute atomic E-state index is 0.149. The van der Waals surface area contributed by atoms with Crippen LogP contribution < -0.4 is 5.56 Å².